The van der Waals surface area contributed by atoms with Crippen LogP contribution in [0.1, 0.15) is 33.1 Å². The smallest absolute Gasteiger partial charge is 0 e. The summed E-state index contributed by atoms with van der Waals surface area (Å²) < 4.78 is 0. The summed E-state index contributed by atoms with van der Waals surface area (Å²) in [6, 6.07) is 0. The van der Waals surface area contributed by atoms with Gasteiger partial charge in [0.05, 0.1) is 0 Å². The Labute approximate surface area is 83.4 Å². The molecule has 0 saturated heterocycles. The summed E-state index contributed by atoms with van der Waals surface area (Å²) in [6.45, 7) is 12.0. The second-order valence-corrected chi connectivity index (χ2v) is 2.70. The third-order valence-electron chi connectivity index (χ3n) is 1.55. The summed E-state index contributed by atoms with van der Waals surface area (Å²) in [5.41, 5.74) is 0. The van der Waals surface area contributed by atoms with Crippen molar-refractivity contribution in [3.63, 3.8) is 0 Å². The molecule has 0 aromatic heterocycles. The first-order valence-corrected chi connectivity index (χ1v) is 4.36. The second-order valence-electron chi connectivity index (χ2n) is 2.70. The average Bonchev–Trinajstić information content (AvgIpc) is 1.90. The van der Waals surface area contributed by atoms with Crippen molar-refractivity contribution < 1.29 is 18.6 Å². The van der Waals surface area contributed by atoms with Gasteiger partial charge in [-0.1, -0.05) is 13.8 Å². The molecular weight excluding hydrogens is 173 g/mol. The molecule has 1 radical (unpaired) electrons. The van der Waals surface area contributed by atoms with Gasteiger partial charge in [0.25, 0.3) is 0 Å². The molecule has 1 nitrogen and oxygen atoms in total. The van der Waals surface area contributed by atoms with Crippen molar-refractivity contribution in [2.24, 2.45) is 0 Å². The molecule has 0 bridgehead atoms. The summed E-state index contributed by atoms with van der Waals surface area (Å²) >= 11 is 0. The van der Waals surface area contributed by atoms with Crippen molar-refractivity contribution in [3.05, 3.63) is 6.92 Å². The minimum Gasteiger partial charge on any atom is -0.342 e. The third-order valence-corrected chi connectivity index (χ3v) is 1.55. The Kier molecular flexibility index (Phi) is 13.5. The van der Waals surface area contributed by atoms with E-state index in [9.17, 15) is 0 Å². The monoisotopic (exact) mass is 193 g/mol. The van der Waals surface area contributed by atoms with Gasteiger partial charge >= 0.3 is 0 Å². The first kappa shape index (κ1) is 14.1. The van der Waals surface area contributed by atoms with Crippen LogP contribution in [-0.2, 0) is 18.6 Å². The van der Waals surface area contributed by atoms with E-state index in [0.29, 0.717) is 0 Å². The molecule has 0 N–H and O–H groups in total. The van der Waals surface area contributed by atoms with Crippen molar-refractivity contribution in [2.45, 2.75) is 33.1 Å². The predicted molar refractivity (Wildman–Crippen MR) is 47.0 cm³/mol. The fourth-order valence-electron chi connectivity index (χ4n) is 1.19. The van der Waals surface area contributed by atoms with Gasteiger partial charge in [-0.2, -0.15) is 6.42 Å². The maximum Gasteiger partial charge on any atom is 0 e. The van der Waals surface area contributed by atoms with Gasteiger partial charge in [0, 0.05) is 18.6 Å². The molecule has 0 spiro atoms. The number of rotatable bonds is 6. The van der Waals surface area contributed by atoms with Gasteiger partial charge in [-0.25, -0.2) is 0 Å². The standard InChI is InChI=1S/C9H20N.V/c1-4-7-10(8-5-2)9-6-3;/h1,4-9H2,2-3H3;/q-1;. The second kappa shape index (κ2) is 10.5. The number of nitrogens with zero attached hydrogens (tertiary/aromatic N) is 1. The molecule has 0 unspecified atom stereocenters. The molecule has 0 atom stereocenters. The Morgan fingerprint density at radius 3 is 1.73 bits per heavy atom. The van der Waals surface area contributed by atoms with E-state index < -0.39 is 0 Å². The molecule has 0 saturated carbocycles. The van der Waals surface area contributed by atoms with Crippen LogP contribution in [-0.4, -0.2) is 24.5 Å². The van der Waals surface area contributed by atoms with Gasteiger partial charge in [-0.05, 0) is 32.5 Å². The van der Waals surface area contributed by atoms with Crippen LogP contribution in [0.15, 0.2) is 0 Å². The Bertz CT molecular complexity index is 52.3. The van der Waals surface area contributed by atoms with Gasteiger partial charge in [-0.3, -0.25) is 0 Å². The zero-order valence-corrected chi connectivity index (χ0v) is 9.24. The molecule has 0 aromatic carbocycles. The number of hydrogen-bond acceptors (Lipinski definition) is 1. The first-order chi connectivity index (χ1) is 4.85. The Morgan fingerprint density at radius 1 is 1.00 bits per heavy atom. The topological polar surface area (TPSA) is 3.24 Å². The van der Waals surface area contributed by atoms with Crippen LogP contribution in [0.5, 0.6) is 0 Å². The van der Waals surface area contributed by atoms with Crippen LogP contribution in [0.4, 0.5) is 0 Å². The maximum absolute atomic E-state index is 3.85. The van der Waals surface area contributed by atoms with Crippen LogP contribution >= 0.6 is 0 Å². The molecule has 0 aliphatic carbocycles. The van der Waals surface area contributed by atoms with Crippen molar-refractivity contribution in [1.29, 1.82) is 0 Å². The summed E-state index contributed by atoms with van der Waals surface area (Å²) in [6.07, 6.45) is 3.57. The van der Waals surface area contributed by atoms with Crippen molar-refractivity contribution in [3.8, 4) is 0 Å². The van der Waals surface area contributed by atoms with Crippen LogP contribution in [0.3, 0.4) is 0 Å². The minimum atomic E-state index is 0. The van der Waals surface area contributed by atoms with Crippen LogP contribution < -0.4 is 0 Å². The van der Waals surface area contributed by atoms with Gasteiger partial charge < -0.3 is 11.8 Å². The fourth-order valence-corrected chi connectivity index (χ4v) is 1.19. The van der Waals surface area contributed by atoms with Gasteiger partial charge in [0.2, 0.25) is 0 Å². The van der Waals surface area contributed by atoms with E-state index in [0.717, 1.165) is 6.42 Å². The molecule has 0 aromatic rings. The molecule has 0 fully saturated rings. The third kappa shape index (κ3) is 8.45. The van der Waals surface area contributed by atoms with Crippen LogP contribution in [0.25, 0.3) is 0 Å². The quantitative estimate of drug-likeness (QED) is 0.585. The van der Waals surface area contributed by atoms with E-state index >= 15 is 0 Å². The molecule has 11 heavy (non-hydrogen) atoms. The van der Waals surface area contributed by atoms with E-state index in [-0.39, 0.29) is 18.6 Å². The Balaban J connectivity index is 0. The molecule has 2 heteroatoms. The molecule has 0 heterocycles. The number of hydrogen-bond donors (Lipinski definition) is 0. The molecule has 67 valence electrons. The van der Waals surface area contributed by atoms with Gasteiger partial charge in [0.1, 0.15) is 0 Å². The Hall–Kier alpha value is 0.544. The normalized spacial score (nSPS) is 9.82. The Morgan fingerprint density at radius 2 is 1.45 bits per heavy atom. The molecular formula is C9H20NV-. The summed E-state index contributed by atoms with van der Waals surface area (Å²) in [5.74, 6) is 0. The largest absolute Gasteiger partial charge is 0.342 e. The van der Waals surface area contributed by atoms with Crippen molar-refractivity contribution >= 4 is 0 Å². The van der Waals surface area contributed by atoms with E-state index in [4.69, 9.17) is 0 Å². The van der Waals surface area contributed by atoms with Crippen molar-refractivity contribution in [1.82, 2.24) is 4.90 Å². The first-order valence-electron chi connectivity index (χ1n) is 4.36. The van der Waals surface area contributed by atoms with E-state index in [2.05, 4.69) is 25.7 Å². The van der Waals surface area contributed by atoms with Crippen LogP contribution in [0.2, 0.25) is 0 Å². The SMILES string of the molecule is [CH2-]CCN(CCC)CCC.[V]. The van der Waals surface area contributed by atoms with E-state index in [1.807, 2.05) is 0 Å². The van der Waals surface area contributed by atoms with E-state index in [1.165, 1.54) is 32.5 Å². The van der Waals surface area contributed by atoms with Gasteiger partial charge in [0.15, 0.2) is 0 Å². The summed E-state index contributed by atoms with van der Waals surface area (Å²) in [5, 5.41) is 0. The predicted octanol–water partition coefficient (Wildman–Crippen LogP) is 2.33. The fraction of sp³-hybridized carbons (Fsp3) is 0.889. The molecule has 0 rings (SSSR count). The van der Waals surface area contributed by atoms with E-state index in [1.54, 1.807) is 0 Å². The van der Waals surface area contributed by atoms with Gasteiger partial charge in [-0.15, -0.1) is 0 Å². The van der Waals surface area contributed by atoms with Crippen LogP contribution in [0, 0.1) is 6.92 Å². The average molecular weight is 193 g/mol. The zero-order chi connectivity index (χ0) is 7.82. The minimum absolute atomic E-state index is 0. The summed E-state index contributed by atoms with van der Waals surface area (Å²) in [7, 11) is 0. The summed E-state index contributed by atoms with van der Waals surface area (Å²) in [4.78, 5) is 2.48. The zero-order valence-electron chi connectivity index (χ0n) is 7.84. The molecule has 0 aliphatic heterocycles. The van der Waals surface area contributed by atoms with Crippen molar-refractivity contribution in [2.75, 3.05) is 19.6 Å². The maximum atomic E-state index is 3.85. The molecule has 0 amide bonds. The molecule has 0 aliphatic rings.